The van der Waals surface area contributed by atoms with E-state index < -0.39 is 6.03 Å². The van der Waals surface area contributed by atoms with Gasteiger partial charge in [-0.3, -0.25) is 10.2 Å². The van der Waals surface area contributed by atoms with Gasteiger partial charge in [-0.15, -0.1) is 0 Å². The van der Waals surface area contributed by atoms with Gasteiger partial charge in [-0.05, 0) is 48.0 Å². The highest BCUT2D eigenvalue weighted by Gasteiger charge is 2.24. The van der Waals surface area contributed by atoms with Gasteiger partial charge in [0.1, 0.15) is 0 Å². The second kappa shape index (κ2) is 10.6. The number of rotatable bonds is 2. The van der Waals surface area contributed by atoms with Gasteiger partial charge in [0.15, 0.2) is 5.78 Å². The lowest BCUT2D eigenvalue weighted by molar-refractivity contribution is 0.0972. The molecule has 0 fully saturated rings. The molecule has 5 N–H and O–H groups in total. The van der Waals surface area contributed by atoms with E-state index in [0.29, 0.717) is 22.2 Å². The number of benzene rings is 3. The smallest absolute Gasteiger partial charge is 0.333 e. The number of nitrogens with two attached hydrogens (primary N) is 1. The molecule has 0 aliphatic carbocycles. The molecule has 1 aliphatic heterocycles. The minimum atomic E-state index is -0.529. The van der Waals surface area contributed by atoms with E-state index in [1.807, 2.05) is 54.0 Å². The van der Waals surface area contributed by atoms with Crippen molar-refractivity contribution in [3.05, 3.63) is 92.4 Å². The van der Waals surface area contributed by atoms with Gasteiger partial charge < -0.3 is 10.6 Å². The lowest BCUT2D eigenvalue weighted by Gasteiger charge is -2.26. The van der Waals surface area contributed by atoms with E-state index in [0.717, 1.165) is 21.3 Å². The number of hydrogen-bond donors (Lipinski definition) is 4. The number of halogens is 3. The molecule has 4 rings (SSSR count). The summed E-state index contributed by atoms with van der Waals surface area (Å²) in [6, 6.07) is 20.0. The minimum absolute atomic E-state index is 0.0699. The van der Waals surface area contributed by atoms with Crippen LogP contribution in [0.25, 0.3) is 0 Å². The molecule has 0 radical (unpaired) electrons. The number of carbonyl (C=O) groups is 2. The Morgan fingerprint density at radius 1 is 1.03 bits per heavy atom. The number of fused-ring (bicyclic) bond motifs is 1. The van der Waals surface area contributed by atoms with Crippen LogP contribution in [0.1, 0.15) is 28.4 Å². The van der Waals surface area contributed by atoms with Crippen LogP contribution >= 0.6 is 39.1 Å². The topological polar surface area (TPSA) is 96.2 Å². The fourth-order valence-electron chi connectivity index (χ4n) is 3.08. The van der Waals surface area contributed by atoms with Crippen molar-refractivity contribution >= 4 is 62.3 Å². The predicted molar refractivity (Wildman–Crippen MR) is 129 cm³/mol. The molecule has 0 saturated carbocycles. The first-order valence-corrected chi connectivity index (χ1v) is 10.8. The maximum atomic E-state index is 12.1. The first-order chi connectivity index (χ1) is 14.9. The lowest BCUT2D eigenvalue weighted by Crippen LogP contribution is -2.34. The van der Waals surface area contributed by atoms with Gasteiger partial charge in [0.2, 0.25) is 0 Å². The van der Waals surface area contributed by atoms with Crippen LogP contribution in [0.2, 0.25) is 10.0 Å². The van der Waals surface area contributed by atoms with Crippen LogP contribution in [-0.4, -0.2) is 11.8 Å². The van der Waals surface area contributed by atoms with Crippen molar-refractivity contribution in [2.75, 3.05) is 10.6 Å². The number of ketones is 1. The van der Waals surface area contributed by atoms with Gasteiger partial charge >= 0.3 is 6.03 Å². The molecule has 0 spiro atoms. The maximum absolute atomic E-state index is 12.1. The summed E-state index contributed by atoms with van der Waals surface area (Å²) in [5, 5.41) is 6.74. The first kappa shape index (κ1) is 23.1. The van der Waals surface area contributed by atoms with E-state index in [9.17, 15) is 9.59 Å². The van der Waals surface area contributed by atoms with Gasteiger partial charge in [-0.25, -0.2) is 10.6 Å². The fourth-order valence-corrected chi connectivity index (χ4v) is 3.87. The van der Waals surface area contributed by atoms with E-state index in [-0.39, 0.29) is 11.8 Å². The highest BCUT2D eigenvalue weighted by molar-refractivity contribution is 9.10. The number of urea groups is 1. The number of anilines is 2. The van der Waals surface area contributed by atoms with E-state index >= 15 is 0 Å². The van der Waals surface area contributed by atoms with Crippen LogP contribution in [-0.2, 0) is 0 Å². The second-order valence-electron chi connectivity index (χ2n) is 6.68. The predicted octanol–water partition coefficient (Wildman–Crippen LogP) is 6.18. The van der Waals surface area contributed by atoms with Crippen LogP contribution in [0, 0.1) is 0 Å². The summed E-state index contributed by atoms with van der Waals surface area (Å²) in [4.78, 5) is 22.9. The molecule has 9 heteroatoms. The molecule has 1 atom stereocenters. The van der Waals surface area contributed by atoms with Crippen LogP contribution in [0.3, 0.4) is 0 Å². The zero-order valence-corrected chi connectivity index (χ0v) is 19.3. The molecule has 2 amide bonds. The van der Waals surface area contributed by atoms with Gasteiger partial charge in [0.25, 0.3) is 0 Å². The first-order valence-electron chi connectivity index (χ1n) is 9.23. The molecule has 0 saturated heterocycles. The number of hydrazine groups is 1. The highest BCUT2D eigenvalue weighted by atomic mass is 79.9. The third-order valence-electron chi connectivity index (χ3n) is 4.47. The van der Waals surface area contributed by atoms with E-state index in [2.05, 4.69) is 26.6 Å². The number of amides is 2. The summed E-state index contributed by atoms with van der Waals surface area (Å²) in [6.45, 7) is 0. The van der Waals surface area contributed by atoms with Crippen molar-refractivity contribution in [3.8, 4) is 0 Å². The summed E-state index contributed by atoms with van der Waals surface area (Å²) in [5.74, 6) is 5.07. The maximum Gasteiger partial charge on any atom is 0.333 e. The molecule has 1 unspecified atom stereocenters. The molecule has 1 aliphatic rings. The average molecular weight is 522 g/mol. The Morgan fingerprint density at radius 2 is 1.68 bits per heavy atom. The van der Waals surface area contributed by atoms with Crippen molar-refractivity contribution in [1.29, 1.82) is 0 Å². The number of para-hydroxylation sites is 1. The summed E-state index contributed by atoms with van der Waals surface area (Å²) in [5.41, 5.74) is 5.27. The van der Waals surface area contributed by atoms with Gasteiger partial charge in [0, 0.05) is 37.9 Å². The third kappa shape index (κ3) is 6.45. The van der Waals surface area contributed by atoms with Crippen LogP contribution in [0.4, 0.5) is 16.2 Å². The van der Waals surface area contributed by atoms with Gasteiger partial charge in [-0.2, -0.15) is 0 Å². The SMILES string of the molecule is NNC(=O)Nc1cc(Cl)cc(Cl)c1.O=C1CC(c2ccc(Br)cc2)Nc2ccccc21. The summed E-state index contributed by atoms with van der Waals surface area (Å²) >= 11 is 14.8. The lowest BCUT2D eigenvalue weighted by atomic mass is 9.92. The molecule has 1 heterocycles. The Labute approximate surface area is 198 Å². The molecule has 0 bridgehead atoms. The summed E-state index contributed by atoms with van der Waals surface area (Å²) < 4.78 is 1.05. The number of nitrogens with one attached hydrogen (secondary N) is 3. The molecular formula is C22H19BrCl2N4O2. The summed E-state index contributed by atoms with van der Waals surface area (Å²) in [7, 11) is 0. The van der Waals surface area contributed by atoms with Crippen molar-refractivity contribution < 1.29 is 9.59 Å². The summed E-state index contributed by atoms with van der Waals surface area (Å²) in [6.07, 6.45) is 0.513. The zero-order chi connectivity index (χ0) is 22.4. The molecule has 6 nitrogen and oxygen atoms in total. The Balaban J connectivity index is 0.000000187. The van der Waals surface area contributed by atoms with Crippen molar-refractivity contribution in [2.45, 2.75) is 12.5 Å². The quantitative estimate of drug-likeness (QED) is 0.184. The molecule has 31 heavy (non-hydrogen) atoms. The molecular weight excluding hydrogens is 503 g/mol. The standard InChI is InChI=1S/C15H12BrNO.C7H7Cl2N3O/c16-11-7-5-10(6-8-11)14-9-15(18)12-3-1-2-4-13(12)17-14;8-4-1-5(9)3-6(2-4)11-7(13)12-10/h1-8,14,17H,9H2;1-3H,10H2,(H2,11,12,13). The van der Waals surface area contributed by atoms with E-state index in [1.165, 1.54) is 0 Å². The normalized spacial score (nSPS) is 14.5. The van der Waals surface area contributed by atoms with Crippen LogP contribution in [0.5, 0.6) is 0 Å². The number of hydrogen-bond acceptors (Lipinski definition) is 4. The van der Waals surface area contributed by atoms with E-state index in [1.54, 1.807) is 18.2 Å². The molecule has 160 valence electrons. The van der Waals surface area contributed by atoms with Gasteiger partial charge in [0.05, 0.1) is 6.04 Å². The second-order valence-corrected chi connectivity index (χ2v) is 8.47. The Kier molecular flexibility index (Phi) is 7.92. The van der Waals surface area contributed by atoms with Crippen molar-refractivity contribution in [2.24, 2.45) is 5.84 Å². The number of Topliss-reactive ketones (excluding diaryl/α,β-unsaturated/α-hetero) is 1. The molecule has 3 aromatic rings. The fraction of sp³-hybridized carbons (Fsp3) is 0.0909. The minimum Gasteiger partial charge on any atom is -0.377 e. The Bertz CT molecular complexity index is 1070. The van der Waals surface area contributed by atoms with E-state index in [4.69, 9.17) is 29.0 Å². The molecule has 3 aromatic carbocycles. The average Bonchev–Trinajstić information content (AvgIpc) is 2.74. The van der Waals surface area contributed by atoms with Crippen molar-refractivity contribution in [1.82, 2.24) is 5.43 Å². The van der Waals surface area contributed by atoms with Crippen LogP contribution in [0.15, 0.2) is 71.2 Å². The Hall–Kier alpha value is -2.58. The largest absolute Gasteiger partial charge is 0.377 e. The van der Waals surface area contributed by atoms with Crippen molar-refractivity contribution in [3.63, 3.8) is 0 Å². The van der Waals surface area contributed by atoms with Gasteiger partial charge in [-0.1, -0.05) is 63.4 Å². The number of carbonyl (C=O) groups excluding carboxylic acids is 2. The monoisotopic (exact) mass is 520 g/mol. The Morgan fingerprint density at radius 3 is 2.32 bits per heavy atom. The zero-order valence-electron chi connectivity index (χ0n) is 16.2. The van der Waals surface area contributed by atoms with Crippen LogP contribution < -0.4 is 21.9 Å². The highest BCUT2D eigenvalue weighted by Crippen LogP contribution is 2.32. The molecule has 0 aromatic heterocycles. The third-order valence-corrected chi connectivity index (χ3v) is 5.44.